The Morgan fingerprint density at radius 2 is 0.608 bits per heavy atom. The lowest BCUT2D eigenvalue weighted by molar-refractivity contribution is 0.669. The van der Waals surface area contributed by atoms with Gasteiger partial charge in [-0.2, -0.15) is 0 Å². The molecule has 2 nitrogen and oxygen atoms in total. The molecule has 102 heavy (non-hydrogen) atoms. The predicted molar refractivity (Wildman–Crippen MR) is 433 cm³/mol. The van der Waals surface area contributed by atoms with Gasteiger partial charge >= 0.3 is 0 Å². The van der Waals surface area contributed by atoms with E-state index in [-0.39, 0.29) is 69.9 Å². The van der Waals surface area contributed by atoms with Crippen LogP contribution in [0.1, 0.15) is 16.4 Å². The van der Waals surface area contributed by atoms with Crippen molar-refractivity contribution in [2.75, 3.05) is 0 Å². The van der Waals surface area contributed by atoms with Crippen molar-refractivity contribution in [1.82, 2.24) is 0 Å². The van der Waals surface area contributed by atoms with Crippen molar-refractivity contribution in [1.29, 1.82) is 0 Å². The third kappa shape index (κ3) is 9.79. The summed E-state index contributed by atoms with van der Waals surface area (Å²) in [5, 5.41) is 13.1. The lowest BCUT2D eigenvalue weighted by Gasteiger charge is -2.20. The minimum atomic E-state index is -0.430. The highest BCUT2D eigenvalue weighted by Crippen LogP contribution is 2.52. The fourth-order valence-corrected chi connectivity index (χ4v) is 15.6. The molecule has 0 saturated heterocycles. The van der Waals surface area contributed by atoms with E-state index in [1.165, 1.54) is 0 Å². The van der Waals surface area contributed by atoms with Crippen molar-refractivity contribution in [3.8, 4) is 89.0 Å². The molecule has 19 aromatic carbocycles. The summed E-state index contributed by atoms with van der Waals surface area (Å²) in [6, 6.07) is 98.3. The van der Waals surface area contributed by atoms with Gasteiger partial charge in [-0.05, 0) is 213 Å². The molecule has 0 fully saturated rings. The molecule has 0 spiro atoms. The van der Waals surface area contributed by atoms with E-state index in [1.54, 1.807) is 12.1 Å². The molecule has 2 aromatic heterocycles. The number of rotatable bonds is 8. The van der Waals surface area contributed by atoms with Gasteiger partial charge < -0.3 is 8.83 Å². The molecule has 474 valence electrons. The summed E-state index contributed by atoms with van der Waals surface area (Å²) in [5.74, 6) is 0. The van der Waals surface area contributed by atoms with Crippen LogP contribution in [0, 0.1) is 0 Å². The van der Waals surface area contributed by atoms with Gasteiger partial charge in [0.15, 0.2) is 0 Å². The summed E-state index contributed by atoms with van der Waals surface area (Å²) in [6.07, 6.45) is 0. The Morgan fingerprint density at radius 3 is 1.24 bits per heavy atom. The lowest BCUT2D eigenvalue weighted by Crippen LogP contribution is -1.93. The highest BCUT2D eigenvalue weighted by molar-refractivity contribution is 6.28. The van der Waals surface area contributed by atoms with Crippen LogP contribution in [0.5, 0.6) is 0 Å². The van der Waals surface area contributed by atoms with E-state index in [0.29, 0.717) is 49.8 Å². The molecule has 0 amide bonds. The molecule has 0 atom stereocenters. The van der Waals surface area contributed by atoms with Crippen LogP contribution in [-0.4, -0.2) is 0 Å². The van der Waals surface area contributed by atoms with Crippen molar-refractivity contribution in [3.63, 3.8) is 0 Å². The molecule has 0 N–H and O–H groups in total. The number of hydrogen-bond donors (Lipinski definition) is 0. The Morgan fingerprint density at radius 1 is 0.186 bits per heavy atom. The van der Waals surface area contributed by atoms with Crippen LogP contribution in [0.25, 0.3) is 208 Å². The first-order chi connectivity index (χ1) is 55.6. The van der Waals surface area contributed by atoms with Gasteiger partial charge in [0, 0.05) is 27.1 Å². The maximum atomic E-state index is 9.77. The molecular formula is C100H62O2. The molecule has 0 radical (unpaired) electrons. The van der Waals surface area contributed by atoms with E-state index in [4.69, 9.17) is 17.1 Å². The van der Waals surface area contributed by atoms with Gasteiger partial charge in [-0.15, -0.1) is 0 Å². The smallest absolute Gasteiger partial charge is 0.143 e. The average molecular weight is 1310 g/mol. The van der Waals surface area contributed by atoms with Crippen LogP contribution in [0.15, 0.2) is 385 Å². The van der Waals surface area contributed by atoms with Gasteiger partial charge in [0.25, 0.3) is 0 Å². The zero-order valence-corrected chi connectivity index (χ0v) is 54.7. The Bertz CT molecular complexity index is 7610. The lowest BCUT2D eigenvalue weighted by atomic mass is 9.82. The second-order valence-corrected chi connectivity index (χ2v) is 25.9. The highest BCUT2D eigenvalue weighted by Gasteiger charge is 2.25. The summed E-state index contributed by atoms with van der Waals surface area (Å²) >= 11 is 0. The summed E-state index contributed by atoms with van der Waals surface area (Å²) < 4.78 is 123. The van der Waals surface area contributed by atoms with Gasteiger partial charge in [-0.25, -0.2) is 0 Å². The molecule has 0 aliphatic heterocycles. The van der Waals surface area contributed by atoms with Gasteiger partial charge in [0.05, 0.1) is 16.4 Å². The molecule has 2 heterocycles. The van der Waals surface area contributed by atoms with E-state index in [9.17, 15) is 8.22 Å². The summed E-state index contributed by atoms with van der Waals surface area (Å²) in [4.78, 5) is 0. The second kappa shape index (κ2) is 24.2. The van der Waals surface area contributed by atoms with Crippen molar-refractivity contribution in [2.24, 2.45) is 0 Å². The molecule has 0 saturated carbocycles. The van der Waals surface area contributed by atoms with Crippen LogP contribution in [0.3, 0.4) is 0 Å². The van der Waals surface area contributed by atoms with E-state index in [1.807, 2.05) is 127 Å². The van der Waals surface area contributed by atoms with Crippen LogP contribution in [0.4, 0.5) is 0 Å². The average Bonchev–Trinajstić information content (AvgIpc) is 0.958. The van der Waals surface area contributed by atoms with Crippen molar-refractivity contribution in [2.45, 2.75) is 0 Å². The number of hydrogen-bond acceptors (Lipinski definition) is 2. The molecule has 0 aliphatic rings. The molecular weight excluding hydrogens is 1230 g/mol. The number of furan rings is 2. The van der Waals surface area contributed by atoms with E-state index >= 15 is 0 Å². The monoisotopic (exact) mass is 1310 g/mol. The molecule has 2 heteroatoms. The molecule has 0 bridgehead atoms. The Balaban J connectivity index is 0.000000151. The van der Waals surface area contributed by atoms with Crippen molar-refractivity contribution < 1.29 is 25.3 Å². The minimum Gasteiger partial charge on any atom is -0.456 e. The third-order valence-electron chi connectivity index (χ3n) is 20.3. The van der Waals surface area contributed by atoms with Crippen LogP contribution in [0.2, 0.25) is 0 Å². The highest BCUT2D eigenvalue weighted by atomic mass is 16.3. The first kappa shape index (κ1) is 47.5. The number of fused-ring (bicyclic) bond motifs is 13. The Kier molecular flexibility index (Phi) is 11.3. The normalized spacial score (nSPS) is 13.4. The fourth-order valence-electron chi connectivity index (χ4n) is 15.6. The second-order valence-electron chi connectivity index (χ2n) is 25.9. The van der Waals surface area contributed by atoms with Crippen molar-refractivity contribution >= 4 is 119 Å². The fraction of sp³-hybridized carbons (Fsp3) is 0. The molecule has 0 aliphatic carbocycles. The van der Waals surface area contributed by atoms with Gasteiger partial charge in [-0.3, -0.25) is 0 Å². The quantitative estimate of drug-likeness (QED) is 0.142. The van der Waals surface area contributed by atoms with E-state index in [0.717, 1.165) is 137 Å². The maximum Gasteiger partial charge on any atom is 0.143 e. The largest absolute Gasteiger partial charge is 0.456 e. The topological polar surface area (TPSA) is 26.3 Å². The van der Waals surface area contributed by atoms with Crippen LogP contribution in [-0.2, 0) is 0 Å². The van der Waals surface area contributed by atoms with Crippen LogP contribution >= 0.6 is 0 Å². The Labute approximate surface area is 606 Å². The molecule has 21 rings (SSSR count). The summed E-state index contributed by atoms with van der Waals surface area (Å²) in [7, 11) is 0. The first-order valence-corrected chi connectivity index (χ1v) is 34.1. The SMILES string of the molecule is [2H]c1c([2H])c([2H])c2c(-c3ccc(-c4ccccc4-c4ccccc4)c4oc5ccccc5c34)c3ccc(-c4cccc5ccccc45)cc3c(-c3ccc4ccccc4c3)c2c1[2H].[2H]c1c([2H])c([2H])c2c(-c3ccc4oc5ccc(-c6ccccc6)cc5c4c3)c3c([2H])c([2H])c([2H])c([2H])c3c(-c3ccc4ccccc4c3)c2c1[2H]. The number of para-hydroxylation sites is 1. The van der Waals surface area contributed by atoms with Gasteiger partial charge in [0.1, 0.15) is 22.3 Å². The maximum absolute atomic E-state index is 9.77. The Hall–Kier alpha value is -13.4. The molecule has 21 aromatic rings. The minimum absolute atomic E-state index is 0.0745. The summed E-state index contributed by atoms with van der Waals surface area (Å²) in [6.45, 7) is 0. The zero-order valence-electron chi connectivity index (χ0n) is 66.7. The zero-order chi connectivity index (χ0) is 77.6. The van der Waals surface area contributed by atoms with Crippen LogP contribution < -0.4 is 0 Å². The van der Waals surface area contributed by atoms with Crippen molar-refractivity contribution in [3.05, 3.63) is 376 Å². The van der Waals surface area contributed by atoms with Gasteiger partial charge in [0.2, 0.25) is 0 Å². The standard InChI is InChI=1S/C58H36O.C42H26O/c1-2-16-38(17-3-1)44-22-8-9-23-46(44)50-33-34-52(57-51-26-12-13-28-54(51)59-58(50)57)56-48-25-11-10-24-47(48)55(42-30-29-37-15-4-5-19-40(37)35-42)53-36-41(31-32-49(53)56)45-27-14-20-39-18-6-7-21-43(39)45;1-2-10-27(11-3-1)30-20-22-39-37(25-30)38-26-32(21-23-40(38)43-39)42-35-16-8-6-14-33(35)41(34-15-7-9-17-36(34)42)31-19-18-28-12-4-5-13-29(28)24-31/h1-36H;1-26H/i10D,11D,24D,25D;6D,7D,8D,9D,14D,15D,16D,17D. The first-order valence-electron chi connectivity index (χ1n) is 40.1. The summed E-state index contributed by atoms with van der Waals surface area (Å²) in [5.41, 5.74) is 16.0. The molecule has 0 unspecified atom stereocenters. The van der Waals surface area contributed by atoms with Gasteiger partial charge in [-0.1, -0.05) is 321 Å². The third-order valence-corrected chi connectivity index (χ3v) is 20.3. The number of benzene rings is 19. The van der Waals surface area contributed by atoms with E-state index in [2.05, 4.69) is 164 Å². The predicted octanol–water partition coefficient (Wildman–Crippen LogP) is 28.6. The van der Waals surface area contributed by atoms with E-state index < -0.39 is 24.2 Å².